The zero-order chi connectivity index (χ0) is 22.0. The second-order valence-electron chi connectivity index (χ2n) is 8.02. The second-order valence-corrected chi connectivity index (χ2v) is 10.8. The molecule has 2 aromatic heterocycles. The Morgan fingerprint density at radius 1 is 1.06 bits per heavy atom. The second kappa shape index (κ2) is 8.86. The molecule has 1 aromatic carbocycles. The Kier molecular flexibility index (Phi) is 6.17. The highest BCUT2D eigenvalue weighted by atomic mass is 32.2. The van der Waals surface area contributed by atoms with Gasteiger partial charge in [0.1, 0.15) is 0 Å². The smallest absolute Gasteiger partial charge is 0.257 e. The number of carbonyl (C=O) groups excluding carboxylic acids is 1. The molecule has 0 spiro atoms. The molecule has 1 saturated heterocycles. The third kappa shape index (κ3) is 4.84. The van der Waals surface area contributed by atoms with E-state index in [9.17, 15) is 13.2 Å². The first-order valence-corrected chi connectivity index (χ1v) is 12.4. The summed E-state index contributed by atoms with van der Waals surface area (Å²) >= 11 is 1.33. The molecule has 31 heavy (non-hydrogen) atoms. The number of hydrogen-bond acceptors (Lipinski definition) is 6. The first-order chi connectivity index (χ1) is 14.8. The molecule has 1 aliphatic rings. The third-order valence-electron chi connectivity index (χ3n) is 5.29. The molecule has 0 saturated carbocycles. The molecule has 3 aromatic rings. The maximum atomic E-state index is 13.0. The topological polar surface area (TPSA) is 92.3 Å². The van der Waals surface area contributed by atoms with Gasteiger partial charge in [-0.2, -0.15) is 4.31 Å². The molecule has 1 N–H and O–H groups in total. The third-order valence-corrected chi connectivity index (χ3v) is 7.89. The van der Waals surface area contributed by atoms with Crippen LogP contribution in [0, 0.1) is 11.8 Å². The Balaban J connectivity index is 1.45. The van der Waals surface area contributed by atoms with Crippen molar-refractivity contribution >= 4 is 32.4 Å². The molecule has 4 rings (SSSR count). The number of rotatable bonds is 5. The van der Waals surface area contributed by atoms with Gasteiger partial charge >= 0.3 is 0 Å². The molecule has 0 aliphatic carbocycles. The van der Waals surface area contributed by atoms with Crippen LogP contribution in [0.5, 0.6) is 0 Å². The summed E-state index contributed by atoms with van der Waals surface area (Å²) in [7, 11) is -3.57. The van der Waals surface area contributed by atoms with E-state index in [4.69, 9.17) is 0 Å². The maximum Gasteiger partial charge on any atom is 0.257 e. The Morgan fingerprint density at radius 3 is 2.35 bits per heavy atom. The molecule has 0 bridgehead atoms. The van der Waals surface area contributed by atoms with Crippen LogP contribution in [0.3, 0.4) is 0 Å². The number of sulfonamides is 1. The van der Waals surface area contributed by atoms with Gasteiger partial charge in [-0.1, -0.05) is 13.8 Å². The van der Waals surface area contributed by atoms with Gasteiger partial charge < -0.3 is 0 Å². The fourth-order valence-corrected chi connectivity index (χ4v) is 6.28. The molecule has 1 aliphatic heterocycles. The molecule has 2 atom stereocenters. The molecule has 162 valence electrons. The van der Waals surface area contributed by atoms with Gasteiger partial charge in [0.05, 0.1) is 10.6 Å². The predicted molar refractivity (Wildman–Crippen MR) is 121 cm³/mol. The molecular formula is C22H24N4O3S2. The molecule has 0 radical (unpaired) electrons. The lowest BCUT2D eigenvalue weighted by molar-refractivity contribution is 0.102. The standard InChI is InChI=1S/C22H24N4O3S2/c1-15-11-16(2)13-26(12-15)31(28,29)19-5-3-18(4-6-19)21(27)25-22-24-20(14-30-22)17-7-9-23-10-8-17/h3-10,14-16H,11-13H2,1-2H3,(H,24,25,27). The zero-order valence-electron chi connectivity index (χ0n) is 17.4. The summed E-state index contributed by atoms with van der Waals surface area (Å²) in [4.78, 5) is 21.2. The van der Waals surface area contributed by atoms with Crippen LogP contribution in [0.1, 0.15) is 30.6 Å². The average molecular weight is 457 g/mol. The lowest BCUT2D eigenvalue weighted by Crippen LogP contribution is -2.42. The van der Waals surface area contributed by atoms with Crippen LogP contribution in [0.2, 0.25) is 0 Å². The summed E-state index contributed by atoms with van der Waals surface area (Å²) in [5.74, 6) is 0.331. The molecule has 7 nitrogen and oxygen atoms in total. The van der Waals surface area contributed by atoms with Crippen molar-refractivity contribution in [2.75, 3.05) is 18.4 Å². The van der Waals surface area contributed by atoms with E-state index >= 15 is 0 Å². The normalized spacial score (nSPS) is 19.8. The van der Waals surface area contributed by atoms with Crippen molar-refractivity contribution < 1.29 is 13.2 Å². The summed E-state index contributed by atoms with van der Waals surface area (Å²) in [5.41, 5.74) is 2.05. The lowest BCUT2D eigenvalue weighted by Gasteiger charge is -2.34. The van der Waals surface area contributed by atoms with Crippen LogP contribution in [-0.4, -0.2) is 41.7 Å². The van der Waals surface area contributed by atoms with Crippen LogP contribution < -0.4 is 5.32 Å². The molecule has 2 unspecified atom stereocenters. The number of anilines is 1. The van der Waals surface area contributed by atoms with Gasteiger partial charge in [-0.15, -0.1) is 11.3 Å². The SMILES string of the molecule is CC1CC(C)CN(S(=O)(=O)c2ccc(C(=O)Nc3nc(-c4ccncc4)cs3)cc2)C1. The summed E-state index contributed by atoms with van der Waals surface area (Å²) < 4.78 is 27.6. The Hall–Kier alpha value is -2.62. The number of piperidine rings is 1. The molecule has 9 heteroatoms. The Morgan fingerprint density at radius 2 is 1.71 bits per heavy atom. The van der Waals surface area contributed by atoms with E-state index in [0.717, 1.165) is 17.7 Å². The Bertz CT molecular complexity index is 1150. The van der Waals surface area contributed by atoms with E-state index in [1.807, 2.05) is 17.5 Å². The number of hydrogen-bond donors (Lipinski definition) is 1. The minimum atomic E-state index is -3.57. The molecular weight excluding hydrogens is 432 g/mol. The van der Waals surface area contributed by atoms with Gasteiger partial charge in [0, 0.05) is 42.0 Å². The number of amides is 1. The molecule has 3 heterocycles. The van der Waals surface area contributed by atoms with Gasteiger partial charge in [-0.05, 0) is 54.7 Å². The van der Waals surface area contributed by atoms with Crippen molar-refractivity contribution in [1.29, 1.82) is 0 Å². The fourth-order valence-electron chi connectivity index (χ4n) is 3.89. The number of nitrogens with one attached hydrogen (secondary N) is 1. The number of nitrogens with zero attached hydrogens (tertiary/aromatic N) is 3. The first-order valence-electron chi connectivity index (χ1n) is 10.1. The van der Waals surface area contributed by atoms with E-state index < -0.39 is 10.0 Å². The van der Waals surface area contributed by atoms with Crippen molar-refractivity contribution in [3.05, 3.63) is 59.7 Å². The van der Waals surface area contributed by atoms with Gasteiger partial charge in [0.2, 0.25) is 10.0 Å². The van der Waals surface area contributed by atoms with Crippen molar-refractivity contribution in [2.24, 2.45) is 11.8 Å². The van der Waals surface area contributed by atoms with E-state index in [1.54, 1.807) is 16.7 Å². The van der Waals surface area contributed by atoms with Crippen LogP contribution >= 0.6 is 11.3 Å². The summed E-state index contributed by atoms with van der Waals surface area (Å²) in [5, 5.41) is 5.11. The van der Waals surface area contributed by atoms with E-state index in [2.05, 4.69) is 29.1 Å². The highest BCUT2D eigenvalue weighted by Gasteiger charge is 2.31. The van der Waals surface area contributed by atoms with Gasteiger partial charge in [-0.3, -0.25) is 15.1 Å². The summed E-state index contributed by atoms with van der Waals surface area (Å²) in [6.07, 6.45) is 4.41. The predicted octanol–water partition coefficient (Wildman–Crippen LogP) is 4.12. The van der Waals surface area contributed by atoms with Gasteiger partial charge in [0.15, 0.2) is 5.13 Å². The minimum absolute atomic E-state index is 0.208. The quantitative estimate of drug-likeness (QED) is 0.623. The summed E-state index contributed by atoms with van der Waals surface area (Å²) in [6.45, 7) is 5.20. The van der Waals surface area contributed by atoms with Crippen LogP contribution in [0.4, 0.5) is 5.13 Å². The van der Waals surface area contributed by atoms with E-state index in [-0.39, 0.29) is 10.8 Å². The average Bonchev–Trinajstić information content (AvgIpc) is 3.22. The fraction of sp³-hybridized carbons (Fsp3) is 0.318. The van der Waals surface area contributed by atoms with Gasteiger partial charge in [0.25, 0.3) is 5.91 Å². The van der Waals surface area contributed by atoms with Crippen molar-refractivity contribution in [1.82, 2.24) is 14.3 Å². The van der Waals surface area contributed by atoms with E-state index in [1.165, 1.54) is 35.6 Å². The highest BCUT2D eigenvalue weighted by molar-refractivity contribution is 7.89. The van der Waals surface area contributed by atoms with Crippen molar-refractivity contribution in [3.63, 3.8) is 0 Å². The monoisotopic (exact) mass is 456 g/mol. The molecule has 1 fully saturated rings. The Labute approximate surface area is 186 Å². The van der Waals surface area contributed by atoms with Crippen molar-refractivity contribution in [2.45, 2.75) is 25.2 Å². The van der Waals surface area contributed by atoms with Gasteiger partial charge in [-0.25, -0.2) is 13.4 Å². The minimum Gasteiger partial charge on any atom is -0.298 e. The molecule has 1 amide bonds. The van der Waals surface area contributed by atoms with Crippen LogP contribution in [-0.2, 0) is 10.0 Å². The number of carbonyl (C=O) groups is 1. The number of pyridine rings is 1. The summed E-state index contributed by atoms with van der Waals surface area (Å²) in [6, 6.07) is 9.77. The first kappa shape index (κ1) is 21.6. The highest BCUT2D eigenvalue weighted by Crippen LogP contribution is 2.27. The zero-order valence-corrected chi connectivity index (χ0v) is 19.0. The number of thiazole rings is 1. The van der Waals surface area contributed by atoms with E-state index in [0.29, 0.717) is 35.6 Å². The van der Waals surface area contributed by atoms with Crippen LogP contribution in [0.25, 0.3) is 11.3 Å². The maximum absolute atomic E-state index is 13.0. The lowest BCUT2D eigenvalue weighted by atomic mass is 9.94. The largest absolute Gasteiger partial charge is 0.298 e. The van der Waals surface area contributed by atoms with Crippen LogP contribution in [0.15, 0.2) is 59.1 Å². The number of benzene rings is 1. The number of aromatic nitrogens is 2. The van der Waals surface area contributed by atoms with Crippen molar-refractivity contribution in [3.8, 4) is 11.3 Å².